The van der Waals surface area contributed by atoms with E-state index in [-0.39, 0.29) is 18.9 Å². The first-order valence-corrected chi connectivity index (χ1v) is 11.4. The largest absolute Gasteiger partial charge is 0.465 e. The minimum absolute atomic E-state index is 0.0173. The fourth-order valence-electron chi connectivity index (χ4n) is 2.64. The van der Waals surface area contributed by atoms with Gasteiger partial charge in [0, 0.05) is 12.1 Å². The van der Waals surface area contributed by atoms with E-state index in [1.54, 1.807) is 63.2 Å². The highest BCUT2D eigenvalue weighted by Gasteiger charge is 2.18. The van der Waals surface area contributed by atoms with Crippen LogP contribution in [0.25, 0.3) is 0 Å². The van der Waals surface area contributed by atoms with Crippen molar-refractivity contribution in [3.63, 3.8) is 0 Å². The predicted molar refractivity (Wildman–Crippen MR) is 116 cm³/mol. The Labute approximate surface area is 182 Å². The maximum absolute atomic E-state index is 12.1. The fraction of sp³-hybridized carbons (Fsp3) is 0.364. The van der Waals surface area contributed by atoms with E-state index in [1.165, 1.54) is 7.11 Å². The van der Waals surface area contributed by atoms with E-state index in [4.69, 9.17) is 9.47 Å². The number of rotatable bonds is 8. The summed E-state index contributed by atoms with van der Waals surface area (Å²) in [6.45, 7) is 5.34. The monoisotopic (exact) mass is 449 g/mol. The highest BCUT2D eigenvalue weighted by Crippen LogP contribution is 2.27. The molecule has 0 aliphatic heterocycles. The van der Waals surface area contributed by atoms with Gasteiger partial charge in [0.25, 0.3) is 0 Å². The number of benzene rings is 2. The van der Waals surface area contributed by atoms with Crippen LogP contribution < -0.4 is 9.46 Å². The molecule has 2 rings (SSSR count). The normalized spacial score (nSPS) is 11.6. The third-order valence-electron chi connectivity index (χ3n) is 3.92. The van der Waals surface area contributed by atoms with Crippen LogP contribution in [0.4, 0.5) is 0 Å². The third-order valence-corrected chi connectivity index (χ3v) is 4.59. The number of esters is 2. The molecule has 9 heteroatoms. The first-order valence-electron chi connectivity index (χ1n) is 9.51. The van der Waals surface area contributed by atoms with Crippen molar-refractivity contribution in [1.29, 1.82) is 0 Å². The number of hydrogen-bond donors (Lipinski definition) is 1. The lowest BCUT2D eigenvalue weighted by molar-refractivity contribution is -0.153. The van der Waals surface area contributed by atoms with Gasteiger partial charge in [0.2, 0.25) is 10.0 Å². The molecule has 0 aromatic heterocycles. The molecule has 0 saturated carbocycles. The molecule has 0 radical (unpaired) electrons. The number of nitrogens with one attached hydrogen (secondary N) is 1. The summed E-state index contributed by atoms with van der Waals surface area (Å²) in [6, 6.07) is 11.4. The average molecular weight is 450 g/mol. The van der Waals surface area contributed by atoms with Gasteiger partial charge in [-0.15, -0.1) is 0 Å². The van der Waals surface area contributed by atoms with Crippen LogP contribution >= 0.6 is 0 Å². The van der Waals surface area contributed by atoms with Crippen molar-refractivity contribution in [3.8, 4) is 11.5 Å². The second-order valence-corrected chi connectivity index (χ2v) is 9.75. The van der Waals surface area contributed by atoms with Crippen LogP contribution in [0.15, 0.2) is 42.5 Å². The highest BCUT2D eigenvalue weighted by atomic mass is 32.2. The Morgan fingerprint density at radius 2 is 1.68 bits per heavy atom. The van der Waals surface area contributed by atoms with Crippen LogP contribution in [0.2, 0.25) is 0 Å². The van der Waals surface area contributed by atoms with Gasteiger partial charge in [-0.3, -0.25) is 4.79 Å². The van der Waals surface area contributed by atoms with E-state index in [0.29, 0.717) is 28.2 Å². The summed E-state index contributed by atoms with van der Waals surface area (Å²) < 4.78 is 41.4. The van der Waals surface area contributed by atoms with Gasteiger partial charge >= 0.3 is 11.9 Å². The van der Waals surface area contributed by atoms with Crippen molar-refractivity contribution in [2.24, 2.45) is 0 Å². The van der Waals surface area contributed by atoms with Crippen molar-refractivity contribution >= 4 is 22.0 Å². The van der Waals surface area contributed by atoms with Gasteiger partial charge in [0.1, 0.15) is 17.1 Å². The molecule has 0 fully saturated rings. The fourth-order valence-corrected chi connectivity index (χ4v) is 3.06. The topological polar surface area (TPSA) is 108 Å². The summed E-state index contributed by atoms with van der Waals surface area (Å²) in [7, 11) is -2.14. The molecule has 0 saturated heterocycles. The molecule has 0 amide bonds. The Morgan fingerprint density at radius 3 is 2.23 bits per heavy atom. The van der Waals surface area contributed by atoms with E-state index < -0.39 is 21.6 Å². The minimum Gasteiger partial charge on any atom is -0.465 e. The molecule has 0 aliphatic carbocycles. The molecule has 2 aromatic carbocycles. The average Bonchev–Trinajstić information content (AvgIpc) is 2.65. The number of ether oxygens (including phenoxy) is 3. The molecule has 0 spiro atoms. The second-order valence-electron chi connectivity index (χ2n) is 7.92. The zero-order chi connectivity index (χ0) is 23.2. The van der Waals surface area contributed by atoms with Gasteiger partial charge in [-0.25, -0.2) is 17.9 Å². The molecule has 2 aromatic rings. The Balaban J connectivity index is 2.26. The molecule has 0 atom stereocenters. The number of hydrogen-bond acceptors (Lipinski definition) is 7. The van der Waals surface area contributed by atoms with Gasteiger partial charge in [-0.05, 0) is 56.7 Å². The zero-order valence-electron chi connectivity index (χ0n) is 18.2. The Kier molecular flexibility index (Phi) is 7.80. The quantitative estimate of drug-likeness (QED) is 0.617. The van der Waals surface area contributed by atoms with Crippen molar-refractivity contribution in [3.05, 3.63) is 59.2 Å². The number of carbonyl (C=O) groups is 2. The molecule has 8 nitrogen and oxygen atoms in total. The molecule has 0 unspecified atom stereocenters. The molecular weight excluding hydrogens is 422 g/mol. The number of sulfonamides is 1. The Morgan fingerprint density at radius 1 is 1.03 bits per heavy atom. The van der Waals surface area contributed by atoms with Gasteiger partial charge in [-0.1, -0.05) is 12.1 Å². The molecule has 0 aliphatic rings. The third kappa shape index (κ3) is 8.39. The van der Waals surface area contributed by atoms with Gasteiger partial charge in [0.05, 0.1) is 25.3 Å². The summed E-state index contributed by atoms with van der Waals surface area (Å²) in [6.07, 6.45) is 1.10. The summed E-state index contributed by atoms with van der Waals surface area (Å²) in [5, 5.41) is 0. The lowest BCUT2D eigenvalue weighted by Gasteiger charge is -2.20. The van der Waals surface area contributed by atoms with Crippen LogP contribution in [-0.4, -0.2) is 39.3 Å². The van der Waals surface area contributed by atoms with Crippen molar-refractivity contribution in [2.45, 2.75) is 39.3 Å². The first kappa shape index (κ1) is 24.4. The maximum Gasteiger partial charge on any atom is 0.337 e. The molecule has 31 heavy (non-hydrogen) atoms. The predicted octanol–water partition coefficient (Wildman–Crippen LogP) is 3.20. The van der Waals surface area contributed by atoms with Gasteiger partial charge in [-0.2, -0.15) is 0 Å². The minimum atomic E-state index is -3.44. The van der Waals surface area contributed by atoms with Crippen LogP contribution in [-0.2, 0) is 37.3 Å². The van der Waals surface area contributed by atoms with Gasteiger partial charge in [0.15, 0.2) is 0 Å². The lowest BCUT2D eigenvalue weighted by Crippen LogP contribution is -2.25. The number of carbonyl (C=O) groups excluding carboxylic acids is 2. The van der Waals surface area contributed by atoms with Crippen LogP contribution in [0, 0.1) is 0 Å². The molecule has 1 N–H and O–H groups in total. The lowest BCUT2D eigenvalue weighted by atomic mass is 10.1. The van der Waals surface area contributed by atoms with Crippen LogP contribution in [0.5, 0.6) is 11.5 Å². The van der Waals surface area contributed by atoms with E-state index in [0.717, 1.165) is 6.26 Å². The van der Waals surface area contributed by atoms with E-state index in [9.17, 15) is 18.0 Å². The summed E-state index contributed by atoms with van der Waals surface area (Å²) in [5.41, 5.74) is 0.981. The second kappa shape index (κ2) is 9.93. The maximum atomic E-state index is 12.1. The zero-order valence-corrected chi connectivity index (χ0v) is 19.0. The first-order chi connectivity index (χ1) is 14.4. The Bertz CT molecular complexity index is 1040. The molecule has 0 heterocycles. The molecule has 0 bridgehead atoms. The smallest absolute Gasteiger partial charge is 0.337 e. The standard InChI is InChI=1S/C22H27NO7S/c1-22(2,3)30-20(24)13-15-6-11-19(17(12-15)14-23-31(5,26)27)29-18-9-7-16(8-10-18)21(25)28-4/h6-12,23H,13-14H2,1-5H3. The van der Waals surface area contributed by atoms with Crippen molar-refractivity contribution < 1.29 is 32.2 Å². The van der Waals surface area contributed by atoms with Crippen LogP contribution in [0.3, 0.4) is 0 Å². The van der Waals surface area contributed by atoms with Crippen molar-refractivity contribution in [1.82, 2.24) is 4.72 Å². The molecule has 168 valence electrons. The number of methoxy groups -OCH3 is 1. The van der Waals surface area contributed by atoms with E-state index in [1.807, 2.05) is 0 Å². The summed E-state index contributed by atoms with van der Waals surface area (Å²) in [4.78, 5) is 23.7. The van der Waals surface area contributed by atoms with Crippen molar-refractivity contribution in [2.75, 3.05) is 13.4 Å². The Hall–Kier alpha value is -2.91. The van der Waals surface area contributed by atoms with E-state index in [2.05, 4.69) is 9.46 Å². The van der Waals surface area contributed by atoms with Gasteiger partial charge < -0.3 is 14.2 Å². The SMILES string of the molecule is COC(=O)c1ccc(Oc2ccc(CC(=O)OC(C)(C)C)cc2CNS(C)(=O)=O)cc1. The van der Waals surface area contributed by atoms with E-state index >= 15 is 0 Å². The molecular formula is C22H27NO7S. The summed E-state index contributed by atoms with van der Waals surface area (Å²) in [5.74, 6) is 0.0146. The van der Waals surface area contributed by atoms with Crippen LogP contribution in [0.1, 0.15) is 42.3 Å². The summed E-state index contributed by atoms with van der Waals surface area (Å²) >= 11 is 0. The highest BCUT2D eigenvalue weighted by molar-refractivity contribution is 7.88.